The molecule has 0 aliphatic carbocycles. The third kappa shape index (κ3) is 3.79. The first-order chi connectivity index (χ1) is 15.1. The summed E-state index contributed by atoms with van der Waals surface area (Å²) in [5.41, 5.74) is 1.33. The highest BCUT2D eigenvalue weighted by atomic mass is 32.1. The Kier molecular flexibility index (Phi) is 5.77. The molecular formula is C22H21N3O5S. The number of aromatic nitrogens is 3. The van der Waals surface area contributed by atoms with Crippen LogP contribution in [0, 0.1) is 0 Å². The topological polar surface area (TPSA) is 84.2 Å². The monoisotopic (exact) mass is 439 g/mol. The van der Waals surface area contributed by atoms with Gasteiger partial charge in [-0.2, -0.15) is 0 Å². The Morgan fingerprint density at radius 2 is 1.65 bits per heavy atom. The lowest BCUT2D eigenvalue weighted by atomic mass is 10.2. The van der Waals surface area contributed by atoms with Crippen molar-refractivity contribution in [3.8, 4) is 34.4 Å². The Bertz CT molecular complexity index is 1350. The summed E-state index contributed by atoms with van der Waals surface area (Å²) in [4.78, 5) is 13.7. The average Bonchev–Trinajstić information content (AvgIpc) is 3.34. The van der Waals surface area contributed by atoms with Crippen LogP contribution in [0.2, 0.25) is 0 Å². The molecule has 0 unspecified atom stereocenters. The van der Waals surface area contributed by atoms with Gasteiger partial charge in [0.25, 0.3) is 5.56 Å². The number of fused-ring (bicyclic) bond motifs is 1. The molecule has 8 nitrogen and oxygen atoms in total. The van der Waals surface area contributed by atoms with Crippen LogP contribution in [-0.2, 0) is 0 Å². The second-order valence-corrected chi connectivity index (χ2v) is 7.48. The van der Waals surface area contributed by atoms with E-state index in [-0.39, 0.29) is 5.56 Å². The van der Waals surface area contributed by atoms with Crippen LogP contribution in [0.5, 0.6) is 23.0 Å². The van der Waals surface area contributed by atoms with Gasteiger partial charge >= 0.3 is 0 Å². The highest BCUT2D eigenvalue weighted by Crippen LogP contribution is 2.32. The molecule has 4 aromatic rings. The fourth-order valence-electron chi connectivity index (χ4n) is 3.22. The molecule has 2 heterocycles. The van der Waals surface area contributed by atoms with Crippen LogP contribution in [0.1, 0.15) is 12.5 Å². The highest BCUT2D eigenvalue weighted by Gasteiger charge is 2.16. The average molecular weight is 439 g/mol. The molecule has 31 heavy (non-hydrogen) atoms. The first-order valence-electron chi connectivity index (χ1n) is 9.52. The lowest BCUT2D eigenvalue weighted by Gasteiger charge is -2.09. The van der Waals surface area contributed by atoms with E-state index in [9.17, 15) is 4.79 Å². The second kappa shape index (κ2) is 8.65. The number of ether oxygens (including phenoxy) is 4. The summed E-state index contributed by atoms with van der Waals surface area (Å²) in [5.74, 6) is 2.86. The molecule has 0 amide bonds. The Morgan fingerprint density at radius 1 is 0.935 bits per heavy atom. The first-order valence-corrected chi connectivity index (χ1v) is 10.3. The molecule has 0 aliphatic rings. The molecule has 4 rings (SSSR count). The largest absolute Gasteiger partial charge is 0.493 e. The van der Waals surface area contributed by atoms with Gasteiger partial charge in [-0.25, -0.2) is 4.40 Å². The summed E-state index contributed by atoms with van der Waals surface area (Å²) in [6.07, 6.45) is 1.80. The van der Waals surface area contributed by atoms with Crippen molar-refractivity contribution in [2.24, 2.45) is 0 Å². The van der Waals surface area contributed by atoms with Gasteiger partial charge in [-0.1, -0.05) is 17.4 Å². The van der Waals surface area contributed by atoms with E-state index in [2.05, 4.69) is 10.2 Å². The van der Waals surface area contributed by atoms with Crippen LogP contribution >= 0.6 is 11.3 Å². The summed E-state index contributed by atoms with van der Waals surface area (Å²) in [5, 5.41) is 8.38. The number of nitrogens with zero attached hydrogens (tertiary/aromatic N) is 3. The van der Waals surface area contributed by atoms with Gasteiger partial charge in [0.15, 0.2) is 28.8 Å². The van der Waals surface area contributed by atoms with E-state index in [0.29, 0.717) is 50.5 Å². The zero-order chi connectivity index (χ0) is 22.0. The summed E-state index contributed by atoms with van der Waals surface area (Å²) in [7, 11) is 4.71. The predicted molar refractivity (Wildman–Crippen MR) is 119 cm³/mol. The highest BCUT2D eigenvalue weighted by molar-refractivity contribution is 7.15. The third-order valence-corrected chi connectivity index (χ3v) is 5.63. The number of hydrogen-bond donors (Lipinski definition) is 0. The number of hydrogen-bond acceptors (Lipinski definition) is 8. The Labute approximate surface area is 182 Å². The molecule has 0 N–H and O–H groups in total. The van der Waals surface area contributed by atoms with Gasteiger partial charge in [-0.3, -0.25) is 4.79 Å². The molecule has 0 bridgehead atoms. The minimum Gasteiger partial charge on any atom is -0.493 e. The van der Waals surface area contributed by atoms with Crippen LogP contribution in [0.3, 0.4) is 0 Å². The maximum Gasteiger partial charge on any atom is 0.276 e. The van der Waals surface area contributed by atoms with Crippen LogP contribution < -0.4 is 29.0 Å². The van der Waals surface area contributed by atoms with E-state index < -0.39 is 0 Å². The van der Waals surface area contributed by atoms with Crippen molar-refractivity contribution in [1.29, 1.82) is 0 Å². The summed E-state index contributed by atoms with van der Waals surface area (Å²) in [6, 6.07) is 10.9. The molecule has 9 heteroatoms. The fraction of sp³-hybridized carbons (Fsp3) is 0.227. The maximum atomic E-state index is 13.1. The van der Waals surface area contributed by atoms with Crippen LogP contribution in [-0.4, -0.2) is 42.5 Å². The third-order valence-electron chi connectivity index (χ3n) is 4.68. The van der Waals surface area contributed by atoms with E-state index in [1.165, 1.54) is 15.7 Å². The van der Waals surface area contributed by atoms with Crippen molar-refractivity contribution >= 4 is 22.4 Å². The first kappa shape index (κ1) is 20.7. The van der Waals surface area contributed by atoms with Crippen LogP contribution in [0.4, 0.5) is 0 Å². The van der Waals surface area contributed by atoms with Crippen molar-refractivity contribution in [1.82, 2.24) is 14.6 Å². The van der Waals surface area contributed by atoms with E-state index >= 15 is 0 Å². The molecule has 0 spiro atoms. The smallest absolute Gasteiger partial charge is 0.276 e. The van der Waals surface area contributed by atoms with E-state index in [4.69, 9.17) is 18.9 Å². The zero-order valence-electron chi connectivity index (χ0n) is 17.5. The second-order valence-electron chi connectivity index (χ2n) is 6.47. The maximum absolute atomic E-state index is 13.1. The Hall–Kier alpha value is -3.59. The van der Waals surface area contributed by atoms with Crippen molar-refractivity contribution in [3.05, 3.63) is 56.8 Å². The molecular weight excluding hydrogens is 418 g/mol. The lowest BCUT2D eigenvalue weighted by molar-refractivity contribution is 0.311. The van der Waals surface area contributed by atoms with Gasteiger partial charge in [0.05, 0.1) is 32.5 Å². The van der Waals surface area contributed by atoms with Gasteiger partial charge < -0.3 is 18.9 Å². The quantitative estimate of drug-likeness (QED) is 0.438. The van der Waals surface area contributed by atoms with Crippen molar-refractivity contribution in [2.75, 3.05) is 27.9 Å². The number of benzene rings is 2. The number of rotatable bonds is 7. The molecule has 0 atom stereocenters. The normalized spacial score (nSPS) is 11.7. The summed E-state index contributed by atoms with van der Waals surface area (Å²) < 4.78 is 23.6. The zero-order valence-corrected chi connectivity index (χ0v) is 18.4. The Balaban J connectivity index is 1.80. The molecule has 0 saturated heterocycles. The molecule has 0 fully saturated rings. The molecule has 160 valence electrons. The minimum atomic E-state index is -0.192. The lowest BCUT2D eigenvalue weighted by Crippen LogP contribution is -2.23. The van der Waals surface area contributed by atoms with Crippen LogP contribution in [0.15, 0.2) is 41.2 Å². The standard InChI is InChI=1S/C22H21N3O5S/c1-5-30-16-8-6-13(10-17(16)28-3)11-19-21(26)25-20(23-24-22(25)31-19)14-7-9-15(27-2)18(12-14)29-4/h6-12H,5H2,1-4H3/b19-11-. The van der Waals surface area contributed by atoms with Gasteiger partial charge in [0, 0.05) is 5.56 Å². The van der Waals surface area contributed by atoms with Gasteiger partial charge in [0.1, 0.15) is 0 Å². The van der Waals surface area contributed by atoms with Gasteiger partial charge in [-0.05, 0) is 48.9 Å². The van der Waals surface area contributed by atoms with E-state index in [0.717, 1.165) is 5.56 Å². The van der Waals surface area contributed by atoms with Gasteiger partial charge in [0.2, 0.25) is 4.96 Å². The molecule has 0 aliphatic heterocycles. The van der Waals surface area contributed by atoms with Crippen molar-refractivity contribution < 1.29 is 18.9 Å². The number of thiazole rings is 1. The fourth-order valence-corrected chi connectivity index (χ4v) is 4.14. The minimum absolute atomic E-state index is 0.192. The molecule has 0 saturated carbocycles. The van der Waals surface area contributed by atoms with Crippen LogP contribution in [0.25, 0.3) is 22.4 Å². The van der Waals surface area contributed by atoms with Gasteiger partial charge in [-0.15, -0.1) is 10.2 Å². The Morgan fingerprint density at radius 3 is 2.35 bits per heavy atom. The van der Waals surface area contributed by atoms with E-state index in [1.54, 1.807) is 39.5 Å². The summed E-state index contributed by atoms with van der Waals surface area (Å²) in [6.45, 7) is 2.45. The summed E-state index contributed by atoms with van der Waals surface area (Å²) >= 11 is 1.27. The SMILES string of the molecule is CCOc1ccc(/C=c2\sc3nnc(-c4ccc(OC)c(OC)c4)n3c2=O)cc1OC. The van der Waals surface area contributed by atoms with E-state index in [1.807, 2.05) is 31.2 Å². The molecule has 2 aromatic heterocycles. The predicted octanol–water partition coefficient (Wildman–Crippen LogP) is 2.79. The van der Waals surface area contributed by atoms with Crippen molar-refractivity contribution in [3.63, 3.8) is 0 Å². The number of methoxy groups -OCH3 is 3. The molecule has 0 radical (unpaired) electrons. The molecule has 2 aromatic carbocycles. The van der Waals surface area contributed by atoms with Crippen molar-refractivity contribution in [2.45, 2.75) is 6.92 Å².